The highest BCUT2D eigenvalue weighted by molar-refractivity contribution is 7.91. The van der Waals surface area contributed by atoms with Crippen LogP contribution in [0.5, 0.6) is 0 Å². The number of pyridine rings is 1. The smallest absolute Gasteiger partial charge is 0.255 e. The Balaban J connectivity index is 1.59. The van der Waals surface area contributed by atoms with Crippen LogP contribution in [0.3, 0.4) is 0 Å². The number of halogens is 3. The molecule has 10 heteroatoms. The maximum atomic E-state index is 13.4. The van der Waals surface area contributed by atoms with E-state index in [4.69, 9.17) is 23.2 Å². The van der Waals surface area contributed by atoms with Gasteiger partial charge in [-0.3, -0.25) is 4.79 Å². The first kappa shape index (κ1) is 24.2. The first-order valence-corrected chi connectivity index (χ1v) is 13.2. The topological polar surface area (TPSA) is 70.6 Å². The molecule has 1 amide bonds. The molecule has 4 rings (SSSR count). The Hall–Kier alpha value is -1.90. The van der Waals surface area contributed by atoms with Gasteiger partial charge in [0.1, 0.15) is 16.8 Å². The second-order valence-corrected chi connectivity index (χ2v) is 12.7. The van der Waals surface area contributed by atoms with Gasteiger partial charge >= 0.3 is 0 Å². The molecule has 2 saturated heterocycles. The molecule has 2 aliphatic heterocycles. The molecule has 1 aromatic heterocycles. The van der Waals surface area contributed by atoms with Crippen molar-refractivity contribution in [2.24, 2.45) is 5.41 Å². The molecule has 2 bridgehead atoms. The van der Waals surface area contributed by atoms with Crippen LogP contribution in [0.1, 0.15) is 44.0 Å². The van der Waals surface area contributed by atoms with E-state index in [1.54, 1.807) is 11.0 Å². The zero-order chi connectivity index (χ0) is 24.1. The van der Waals surface area contributed by atoms with Crippen LogP contribution in [0.15, 0.2) is 35.2 Å². The molecule has 2 unspecified atom stereocenters. The third-order valence-corrected chi connectivity index (χ3v) is 8.64. The van der Waals surface area contributed by atoms with E-state index in [0.29, 0.717) is 18.9 Å². The van der Waals surface area contributed by atoms with Crippen molar-refractivity contribution < 1.29 is 17.6 Å². The normalized spacial score (nSPS) is 20.9. The number of carbonyl (C=O) groups is 1. The quantitative estimate of drug-likeness (QED) is 0.547. The van der Waals surface area contributed by atoms with Crippen molar-refractivity contribution in [2.45, 2.75) is 50.6 Å². The van der Waals surface area contributed by atoms with Gasteiger partial charge in [-0.1, -0.05) is 44.0 Å². The fraction of sp³-hybridized carbons (Fsp3) is 0.478. The average Bonchev–Trinajstić information content (AvgIpc) is 2.95. The summed E-state index contributed by atoms with van der Waals surface area (Å²) in [6, 6.07) is 6.68. The number of carbonyl (C=O) groups excluding carboxylic acids is 1. The largest absolute Gasteiger partial charge is 0.347 e. The molecule has 1 aromatic carbocycles. The molecule has 0 aliphatic carbocycles. The molecular weight excluding hydrogens is 488 g/mol. The van der Waals surface area contributed by atoms with E-state index in [-0.39, 0.29) is 44.4 Å². The van der Waals surface area contributed by atoms with Crippen molar-refractivity contribution in [2.75, 3.05) is 23.7 Å². The number of hydrogen-bond donors (Lipinski definition) is 0. The van der Waals surface area contributed by atoms with Gasteiger partial charge in [0.2, 0.25) is 0 Å². The molecule has 3 heterocycles. The van der Waals surface area contributed by atoms with Gasteiger partial charge < -0.3 is 9.80 Å². The van der Waals surface area contributed by atoms with Gasteiger partial charge in [0.25, 0.3) is 5.91 Å². The van der Waals surface area contributed by atoms with Crippen LogP contribution >= 0.6 is 23.2 Å². The molecular formula is C23H26Cl2FN3O3S. The van der Waals surface area contributed by atoms with E-state index in [1.807, 2.05) is 20.8 Å². The number of amides is 1. The van der Waals surface area contributed by atoms with Crippen LogP contribution in [0.4, 0.5) is 10.2 Å². The van der Waals surface area contributed by atoms with Crippen molar-refractivity contribution in [3.8, 4) is 0 Å². The minimum Gasteiger partial charge on any atom is -0.347 e. The highest BCUT2D eigenvalue weighted by Crippen LogP contribution is 2.37. The molecule has 6 nitrogen and oxygen atoms in total. The van der Waals surface area contributed by atoms with E-state index in [1.165, 1.54) is 18.2 Å². The van der Waals surface area contributed by atoms with Crippen LogP contribution in [-0.2, 0) is 9.84 Å². The standard InChI is InChI=1S/C23H26Cl2FN3O3S/c1-23(2,3)13-33(31,32)17-9-20(25)27-21(10-17)29-15-5-6-16(29)12-28(11-15)22(30)18-7-4-14(26)8-19(18)24/h4,7-10,15-16H,5-6,11-13H2,1-3H3. The van der Waals surface area contributed by atoms with Crippen LogP contribution in [-0.4, -0.2) is 55.1 Å². The molecule has 2 atom stereocenters. The minimum atomic E-state index is -3.55. The summed E-state index contributed by atoms with van der Waals surface area (Å²) in [6.45, 7) is 6.48. The summed E-state index contributed by atoms with van der Waals surface area (Å²) < 4.78 is 39.3. The molecule has 0 N–H and O–H groups in total. The maximum absolute atomic E-state index is 13.4. The number of aromatic nitrogens is 1. The Morgan fingerprint density at radius 2 is 1.76 bits per heavy atom. The number of hydrogen-bond acceptors (Lipinski definition) is 5. The summed E-state index contributed by atoms with van der Waals surface area (Å²) in [7, 11) is -3.55. The Morgan fingerprint density at radius 3 is 2.33 bits per heavy atom. The summed E-state index contributed by atoms with van der Waals surface area (Å²) in [5, 5.41) is 0.205. The van der Waals surface area contributed by atoms with Gasteiger partial charge in [-0.05, 0) is 48.6 Å². The highest BCUT2D eigenvalue weighted by Gasteiger charge is 2.43. The fourth-order valence-corrected chi connectivity index (χ4v) is 7.10. The van der Waals surface area contributed by atoms with Gasteiger partial charge in [-0.2, -0.15) is 0 Å². The van der Waals surface area contributed by atoms with Crippen molar-refractivity contribution >= 4 is 44.8 Å². The number of sulfone groups is 1. The lowest BCUT2D eigenvalue weighted by Gasteiger charge is -2.42. The second kappa shape index (κ2) is 8.71. The number of likely N-dealkylation sites (tertiary alicyclic amines) is 1. The molecule has 2 aromatic rings. The Bertz CT molecular complexity index is 1190. The van der Waals surface area contributed by atoms with Gasteiger partial charge in [-0.25, -0.2) is 17.8 Å². The minimum absolute atomic E-state index is 0.00660. The van der Waals surface area contributed by atoms with E-state index in [0.717, 1.165) is 18.9 Å². The maximum Gasteiger partial charge on any atom is 0.255 e. The van der Waals surface area contributed by atoms with Crippen molar-refractivity contribution in [3.63, 3.8) is 0 Å². The highest BCUT2D eigenvalue weighted by atomic mass is 35.5. The van der Waals surface area contributed by atoms with Gasteiger partial charge in [0.15, 0.2) is 9.84 Å². The third-order valence-electron chi connectivity index (χ3n) is 5.93. The first-order valence-electron chi connectivity index (χ1n) is 10.8. The number of rotatable bonds is 4. The second-order valence-electron chi connectivity index (χ2n) is 9.93. The zero-order valence-electron chi connectivity index (χ0n) is 18.7. The van der Waals surface area contributed by atoms with Crippen molar-refractivity contribution in [3.05, 3.63) is 51.9 Å². The summed E-state index contributed by atoms with van der Waals surface area (Å²) in [5.41, 5.74) is -0.135. The average molecular weight is 514 g/mol. The Morgan fingerprint density at radius 1 is 1.12 bits per heavy atom. The van der Waals surface area contributed by atoms with Gasteiger partial charge in [0.05, 0.1) is 21.2 Å². The van der Waals surface area contributed by atoms with E-state index < -0.39 is 21.1 Å². The predicted octanol–water partition coefficient (Wildman–Crippen LogP) is 4.84. The van der Waals surface area contributed by atoms with Crippen LogP contribution < -0.4 is 4.90 Å². The lowest BCUT2D eigenvalue weighted by atomic mass is 10.0. The lowest BCUT2D eigenvalue weighted by Crippen LogP contribution is -2.55. The fourth-order valence-electron chi connectivity index (χ4n) is 4.70. The third kappa shape index (κ3) is 5.12. The van der Waals surface area contributed by atoms with Crippen LogP contribution in [0.2, 0.25) is 10.2 Å². The van der Waals surface area contributed by atoms with E-state index in [2.05, 4.69) is 9.88 Å². The van der Waals surface area contributed by atoms with E-state index in [9.17, 15) is 17.6 Å². The summed E-state index contributed by atoms with van der Waals surface area (Å²) in [4.78, 5) is 21.4. The van der Waals surface area contributed by atoms with Crippen molar-refractivity contribution in [1.29, 1.82) is 0 Å². The SMILES string of the molecule is CC(C)(C)CS(=O)(=O)c1cc(Cl)nc(N2C3CCC2CN(C(=O)c2ccc(F)cc2Cl)C3)c1. The predicted molar refractivity (Wildman–Crippen MR) is 127 cm³/mol. The summed E-state index contributed by atoms with van der Waals surface area (Å²) in [6.07, 6.45) is 1.67. The van der Waals surface area contributed by atoms with Crippen LogP contribution in [0.25, 0.3) is 0 Å². The molecule has 0 saturated carbocycles. The monoisotopic (exact) mass is 513 g/mol. The first-order chi connectivity index (χ1) is 15.3. The van der Waals surface area contributed by atoms with Crippen molar-refractivity contribution in [1.82, 2.24) is 9.88 Å². The molecule has 0 spiro atoms. The molecule has 2 aliphatic rings. The molecule has 0 radical (unpaired) electrons. The lowest BCUT2D eigenvalue weighted by molar-refractivity contribution is 0.0717. The Kier molecular flexibility index (Phi) is 6.39. The molecule has 2 fully saturated rings. The number of anilines is 1. The Labute approximate surface area is 203 Å². The van der Waals surface area contributed by atoms with Crippen LogP contribution in [0, 0.1) is 11.2 Å². The summed E-state index contributed by atoms with van der Waals surface area (Å²) >= 11 is 12.3. The number of piperazine rings is 1. The summed E-state index contributed by atoms with van der Waals surface area (Å²) in [5.74, 6) is -0.239. The van der Waals surface area contributed by atoms with E-state index >= 15 is 0 Å². The number of fused-ring (bicyclic) bond motifs is 2. The number of nitrogens with zero attached hydrogens (tertiary/aromatic N) is 3. The number of benzene rings is 1. The molecule has 178 valence electrons. The van der Waals surface area contributed by atoms with Gasteiger partial charge in [-0.15, -0.1) is 0 Å². The molecule has 33 heavy (non-hydrogen) atoms. The zero-order valence-corrected chi connectivity index (χ0v) is 21.0. The van der Waals surface area contributed by atoms with Gasteiger partial charge in [0, 0.05) is 25.2 Å².